The lowest BCUT2D eigenvalue weighted by atomic mass is 10.1. The van der Waals surface area contributed by atoms with E-state index in [0.29, 0.717) is 37.4 Å². The number of carbonyl (C=O) groups is 1. The molecule has 0 atom stereocenters. The Labute approximate surface area is 189 Å². The van der Waals surface area contributed by atoms with E-state index >= 15 is 0 Å². The lowest BCUT2D eigenvalue weighted by Gasteiger charge is -2.36. The van der Waals surface area contributed by atoms with Crippen molar-refractivity contribution in [2.45, 2.75) is 16.8 Å². The Morgan fingerprint density at radius 3 is 2.19 bits per heavy atom. The average molecular weight is 457 g/mol. The average Bonchev–Trinajstić information content (AvgIpc) is 2.83. The lowest BCUT2D eigenvalue weighted by molar-refractivity contribution is -0.137. The second-order valence-electron chi connectivity index (χ2n) is 7.63. The van der Waals surface area contributed by atoms with Crippen LogP contribution in [0, 0.1) is 0 Å². The summed E-state index contributed by atoms with van der Waals surface area (Å²) < 4.78 is 38.9. The van der Waals surface area contributed by atoms with E-state index in [-0.39, 0.29) is 5.91 Å². The number of benzene rings is 3. The first kappa shape index (κ1) is 22.3. The van der Waals surface area contributed by atoms with Crippen LogP contribution >= 0.6 is 11.8 Å². The van der Waals surface area contributed by atoms with Crippen LogP contribution in [-0.2, 0) is 11.9 Å². The van der Waals surface area contributed by atoms with Gasteiger partial charge in [0.2, 0.25) is 0 Å². The SMILES string of the molecule is O=C(c1ccc(CSc2ccccc2)cc1)N1CCN(c2cccc(C(F)(F)F)c2)CC1. The Morgan fingerprint density at radius 1 is 0.844 bits per heavy atom. The number of amides is 1. The minimum Gasteiger partial charge on any atom is -0.368 e. The van der Waals surface area contributed by atoms with Crippen molar-refractivity contribution in [2.75, 3.05) is 31.1 Å². The fourth-order valence-electron chi connectivity index (χ4n) is 3.66. The summed E-state index contributed by atoms with van der Waals surface area (Å²) in [6.45, 7) is 1.94. The van der Waals surface area contributed by atoms with Gasteiger partial charge >= 0.3 is 6.18 Å². The second kappa shape index (κ2) is 9.69. The smallest absolute Gasteiger partial charge is 0.368 e. The summed E-state index contributed by atoms with van der Waals surface area (Å²) in [7, 11) is 0. The van der Waals surface area contributed by atoms with Crippen molar-refractivity contribution in [3.63, 3.8) is 0 Å². The van der Waals surface area contributed by atoms with E-state index < -0.39 is 11.7 Å². The van der Waals surface area contributed by atoms with Gasteiger partial charge in [-0.2, -0.15) is 13.2 Å². The Bertz CT molecular complexity index is 1050. The molecule has 1 fully saturated rings. The summed E-state index contributed by atoms with van der Waals surface area (Å²) in [6, 6.07) is 23.1. The Morgan fingerprint density at radius 2 is 1.53 bits per heavy atom. The number of alkyl halides is 3. The lowest BCUT2D eigenvalue weighted by Crippen LogP contribution is -2.48. The van der Waals surface area contributed by atoms with Crippen molar-refractivity contribution in [3.8, 4) is 0 Å². The summed E-state index contributed by atoms with van der Waals surface area (Å²) in [5.74, 6) is 0.782. The van der Waals surface area contributed by atoms with E-state index in [4.69, 9.17) is 0 Å². The van der Waals surface area contributed by atoms with Crippen LogP contribution in [0.4, 0.5) is 18.9 Å². The van der Waals surface area contributed by atoms with E-state index in [1.165, 1.54) is 17.0 Å². The molecule has 1 heterocycles. The molecule has 0 aliphatic carbocycles. The largest absolute Gasteiger partial charge is 0.416 e. The summed E-state index contributed by atoms with van der Waals surface area (Å²) in [6.07, 6.45) is -4.36. The first-order valence-electron chi connectivity index (χ1n) is 10.4. The highest BCUT2D eigenvalue weighted by Crippen LogP contribution is 2.32. The Kier molecular flexibility index (Phi) is 6.74. The van der Waals surface area contributed by atoms with Crippen molar-refractivity contribution >= 4 is 23.4 Å². The van der Waals surface area contributed by atoms with Crippen LogP contribution in [0.2, 0.25) is 0 Å². The van der Waals surface area contributed by atoms with Gasteiger partial charge in [0.05, 0.1) is 5.56 Å². The number of halogens is 3. The molecular formula is C25H23F3N2OS. The maximum absolute atomic E-state index is 13.0. The van der Waals surface area contributed by atoms with Gasteiger partial charge in [0, 0.05) is 48.1 Å². The maximum Gasteiger partial charge on any atom is 0.416 e. The molecule has 0 aromatic heterocycles. The number of anilines is 1. The van der Waals surface area contributed by atoms with Crippen LogP contribution in [0.15, 0.2) is 83.8 Å². The molecule has 0 saturated carbocycles. The highest BCUT2D eigenvalue weighted by Gasteiger charge is 2.31. The minimum atomic E-state index is -4.36. The molecule has 3 aromatic rings. The molecule has 3 nitrogen and oxygen atoms in total. The predicted molar refractivity (Wildman–Crippen MR) is 122 cm³/mol. The molecule has 7 heteroatoms. The first-order chi connectivity index (χ1) is 15.4. The molecule has 0 radical (unpaired) electrons. The quantitative estimate of drug-likeness (QED) is 0.443. The van der Waals surface area contributed by atoms with Gasteiger partial charge in [0.25, 0.3) is 5.91 Å². The van der Waals surface area contributed by atoms with Crippen LogP contribution in [0.3, 0.4) is 0 Å². The van der Waals surface area contributed by atoms with Gasteiger partial charge in [0.15, 0.2) is 0 Å². The molecule has 0 unspecified atom stereocenters. The van der Waals surface area contributed by atoms with E-state index in [1.807, 2.05) is 47.4 Å². The molecular weight excluding hydrogens is 433 g/mol. The predicted octanol–water partition coefficient (Wildman–Crippen LogP) is 5.96. The van der Waals surface area contributed by atoms with Gasteiger partial charge in [0.1, 0.15) is 0 Å². The minimum absolute atomic E-state index is 0.0454. The number of piperazine rings is 1. The van der Waals surface area contributed by atoms with E-state index in [9.17, 15) is 18.0 Å². The third-order valence-electron chi connectivity index (χ3n) is 5.46. The summed E-state index contributed by atoms with van der Waals surface area (Å²) >= 11 is 1.75. The molecule has 1 saturated heterocycles. The molecule has 1 aliphatic rings. The van der Waals surface area contributed by atoms with Crippen molar-refractivity contribution in [3.05, 3.63) is 95.6 Å². The number of rotatable bonds is 5. The summed E-state index contributed by atoms with van der Waals surface area (Å²) in [5, 5.41) is 0. The van der Waals surface area contributed by atoms with E-state index in [1.54, 1.807) is 22.7 Å². The third-order valence-corrected chi connectivity index (χ3v) is 6.54. The number of thioether (sulfide) groups is 1. The monoisotopic (exact) mass is 456 g/mol. The van der Waals surface area contributed by atoms with Crippen LogP contribution < -0.4 is 4.90 Å². The number of hydrogen-bond acceptors (Lipinski definition) is 3. The fourth-order valence-corrected chi connectivity index (χ4v) is 4.53. The Hall–Kier alpha value is -2.93. The summed E-state index contributed by atoms with van der Waals surface area (Å²) in [5.41, 5.74) is 1.65. The van der Waals surface area contributed by atoms with Crippen molar-refractivity contribution < 1.29 is 18.0 Å². The number of hydrogen-bond donors (Lipinski definition) is 0. The molecule has 0 spiro atoms. The standard InChI is InChI=1S/C25H23F3N2OS/c26-25(27,28)21-5-4-6-22(17-21)29-13-15-30(16-14-29)24(31)20-11-9-19(10-12-20)18-32-23-7-2-1-3-8-23/h1-12,17H,13-16,18H2. The van der Waals surface area contributed by atoms with Crippen molar-refractivity contribution in [1.29, 1.82) is 0 Å². The first-order valence-corrected chi connectivity index (χ1v) is 11.4. The molecule has 32 heavy (non-hydrogen) atoms. The van der Waals surface area contributed by atoms with Gasteiger partial charge < -0.3 is 9.80 Å². The molecule has 166 valence electrons. The van der Waals surface area contributed by atoms with Crippen LogP contribution in [0.5, 0.6) is 0 Å². The summed E-state index contributed by atoms with van der Waals surface area (Å²) in [4.78, 5) is 17.7. The van der Waals surface area contributed by atoms with Crippen LogP contribution in [0.1, 0.15) is 21.5 Å². The normalized spacial score (nSPS) is 14.5. The molecule has 3 aromatic carbocycles. The fraction of sp³-hybridized carbons (Fsp3) is 0.240. The number of nitrogens with zero attached hydrogens (tertiary/aromatic N) is 2. The maximum atomic E-state index is 13.0. The zero-order chi connectivity index (χ0) is 22.6. The molecule has 1 amide bonds. The van der Waals surface area contributed by atoms with E-state index in [2.05, 4.69) is 12.1 Å². The van der Waals surface area contributed by atoms with Gasteiger partial charge in [-0.3, -0.25) is 4.79 Å². The van der Waals surface area contributed by atoms with Crippen LogP contribution in [0.25, 0.3) is 0 Å². The highest BCUT2D eigenvalue weighted by atomic mass is 32.2. The second-order valence-corrected chi connectivity index (χ2v) is 8.67. The van der Waals surface area contributed by atoms with Crippen LogP contribution in [-0.4, -0.2) is 37.0 Å². The molecule has 1 aliphatic heterocycles. The molecule has 0 N–H and O–H groups in total. The molecule has 4 rings (SSSR count). The topological polar surface area (TPSA) is 23.6 Å². The van der Waals surface area contributed by atoms with Gasteiger partial charge in [-0.15, -0.1) is 11.8 Å². The van der Waals surface area contributed by atoms with Gasteiger partial charge in [-0.1, -0.05) is 36.4 Å². The highest BCUT2D eigenvalue weighted by molar-refractivity contribution is 7.98. The van der Waals surface area contributed by atoms with Crippen molar-refractivity contribution in [2.24, 2.45) is 0 Å². The zero-order valence-electron chi connectivity index (χ0n) is 17.4. The molecule has 0 bridgehead atoms. The van der Waals surface area contributed by atoms with Crippen molar-refractivity contribution in [1.82, 2.24) is 4.90 Å². The zero-order valence-corrected chi connectivity index (χ0v) is 18.2. The number of carbonyl (C=O) groups excluding carboxylic acids is 1. The van der Waals surface area contributed by atoms with Gasteiger partial charge in [-0.25, -0.2) is 0 Å². The van der Waals surface area contributed by atoms with Gasteiger partial charge in [-0.05, 0) is 48.0 Å². The van der Waals surface area contributed by atoms with E-state index in [0.717, 1.165) is 17.4 Å². The third kappa shape index (κ3) is 5.46. The Balaban J connectivity index is 1.32.